The van der Waals surface area contributed by atoms with Crippen LogP contribution in [0, 0.1) is 11.6 Å². The molecule has 1 fully saturated rings. The molecule has 0 bridgehead atoms. The molecule has 1 aromatic carbocycles. The van der Waals surface area contributed by atoms with E-state index in [0.717, 1.165) is 38.5 Å². The molecular weight excluding hydrogens is 318 g/mol. The molecule has 0 unspecified atom stereocenters. The first-order valence-electron chi connectivity index (χ1n) is 7.95. The SMILES string of the molecule is CCN1CCC[C@H](NC(=O)Nc2cc(NC(C)=O)c(F)cc2F)C1. The molecule has 1 aliphatic rings. The number of halogens is 2. The molecule has 1 saturated heterocycles. The van der Waals surface area contributed by atoms with E-state index >= 15 is 0 Å². The van der Waals surface area contributed by atoms with E-state index in [9.17, 15) is 18.4 Å². The fraction of sp³-hybridized carbons (Fsp3) is 0.500. The van der Waals surface area contributed by atoms with Crippen LogP contribution in [0.1, 0.15) is 26.7 Å². The Balaban J connectivity index is 2.01. The van der Waals surface area contributed by atoms with Crippen LogP contribution in [-0.4, -0.2) is 42.5 Å². The average molecular weight is 340 g/mol. The maximum absolute atomic E-state index is 13.8. The van der Waals surface area contributed by atoms with Gasteiger partial charge in [-0.15, -0.1) is 0 Å². The van der Waals surface area contributed by atoms with Crippen molar-refractivity contribution >= 4 is 23.3 Å². The van der Waals surface area contributed by atoms with Gasteiger partial charge >= 0.3 is 6.03 Å². The van der Waals surface area contributed by atoms with Gasteiger partial charge in [0.2, 0.25) is 5.91 Å². The monoisotopic (exact) mass is 340 g/mol. The van der Waals surface area contributed by atoms with Gasteiger partial charge in [0.15, 0.2) is 0 Å². The molecule has 0 saturated carbocycles. The highest BCUT2D eigenvalue weighted by atomic mass is 19.1. The molecule has 0 radical (unpaired) electrons. The van der Waals surface area contributed by atoms with Crippen LogP contribution in [0.15, 0.2) is 12.1 Å². The lowest BCUT2D eigenvalue weighted by molar-refractivity contribution is -0.114. The van der Waals surface area contributed by atoms with E-state index in [1.807, 2.05) is 0 Å². The van der Waals surface area contributed by atoms with Gasteiger partial charge in [0.25, 0.3) is 0 Å². The number of carbonyl (C=O) groups is 2. The van der Waals surface area contributed by atoms with Crippen molar-refractivity contribution in [2.24, 2.45) is 0 Å². The van der Waals surface area contributed by atoms with Crippen molar-refractivity contribution in [2.45, 2.75) is 32.7 Å². The molecule has 132 valence electrons. The maximum Gasteiger partial charge on any atom is 0.319 e. The van der Waals surface area contributed by atoms with Crippen LogP contribution in [0.5, 0.6) is 0 Å². The molecule has 1 heterocycles. The van der Waals surface area contributed by atoms with E-state index in [2.05, 4.69) is 27.8 Å². The Morgan fingerprint density at radius 2 is 1.88 bits per heavy atom. The van der Waals surface area contributed by atoms with E-state index in [0.29, 0.717) is 6.07 Å². The van der Waals surface area contributed by atoms with E-state index in [4.69, 9.17) is 0 Å². The van der Waals surface area contributed by atoms with Gasteiger partial charge < -0.3 is 20.9 Å². The minimum absolute atomic E-state index is 0.0166. The highest BCUT2D eigenvalue weighted by molar-refractivity contribution is 5.92. The summed E-state index contributed by atoms with van der Waals surface area (Å²) in [6, 6.07) is 1.11. The fourth-order valence-corrected chi connectivity index (χ4v) is 2.73. The Bertz CT molecular complexity index is 624. The third kappa shape index (κ3) is 4.89. The summed E-state index contributed by atoms with van der Waals surface area (Å²) in [5, 5.41) is 7.41. The van der Waals surface area contributed by atoms with Gasteiger partial charge in [-0.1, -0.05) is 6.92 Å². The Hall–Kier alpha value is -2.22. The van der Waals surface area contributed by atoms with Crippen LogP contribution < -0.4 is 16.0 Å². The number of carbonyl (C=O) groups excluding carboxylic acids is 2. The van der Waals surface area contributed by atoms with Gasteiger partial charge in [-0.25, -0.2) is 13.6 Å². The van der Waals surface area contributed by atoms with Crippen molar-refractivity contribution in [3.8, 4) is 0 Å². The molecule has 0 aromatic heterocycles. The third-order valence-electron chi connectivity index (χ3n) is 3.90. The molecule has 2 rings (SSSR count). The van der Waals surface area contributed by atoms with E-state index in [-0.39, 0.29) is 17.4 Å². The normalized spacial score (nSPS) is 18.1. The summed E-state index contributed by atoms with van der Waals surface area (Å²) in [6.45, 7) is 5.92. The number of hydrogen-bond acceptors (Lipinski definition) is 3. The maximum atomic E-state index is 13.8. The Morgan fingerprint density at radius 1 is 1.21 bits per heavy atom. The summed E-state index contributed by atoms with van der Waals surface area (Å²) >= 11 is 0. The fourth-order valence-electron chi connectivity index (χ4n) is 2.73. The summed E-state index contributed by atoms with van der Waals surface area (Å²) in [5.74, 6) is -2.30. The zero-order chi connectivity index (χ0) is 17.7. The van der Waals surface area contributed by atoms with Crippen LogP contribution >= 0.6 is 0 Å². The Kier molecular flexibility index (Phi) is 6.08. The number of rotatable bonds is 4. The number of likely N-dealkylation sites (tertiary alicyclic amines) is 1. The molecule has 8 heteroatoms. The minimum Gasteiger partial charge on any atom is -0.334 e. The summed E-state index contributed by atoms with van der Waals surface area (Å²) in [7, 11) is 0. The lowest BCUT2D eigenvalue weighted by Gasteiger charge is -2.32. The van der Waals surface area contributed by atoms with Gasteiger partial charge in [-0.05, 0) is 32.0 Å². The second kappa shape index (κ2) is 8.05. The number of amides is 3. The largest absolute Gasteiger partial charge is 0.334 e. The molecular formula is C16H22F2N4O2. The first-order valence-corrected chi connectivity index (χ1v) is 7.95. The van der Waals surface area contributed by atoms with Gasteiger partial charge in [0.1, 0.15) is 11.6 Å². The van der Waals surface area contributed by atoms with Gasteiger partial charge in [0, 0.05) is 25.6 Å². The number of likely N-dealkylation sites (N-methyl/N-ethyl adjacent to an activating group) is 1. The lowest BCUT2D eigenvalue weighted by atomic mass is 10.1. The molecule has 24 heavy (non-hydrogen) atoms. The second-order valence-corrected chi connectivity index (χ2v) is 5.82. The van der Waals surface area contributed by atoms with Crippen molar-refractivity contribution in [1.29, 1.82) is 0 Å². The molecule has 6 nitrogen and oxygen atoms in total. The highest BCUT2D eigenvalue weighted by Crippen LogP contribution is 2.23. The predicted octanol–water partition coefficient (Wildman–Crippen LogP) is 2.53. The van der Waals surface area contributed by atoms with Crippen LogP contribution in [0.4, 0.5) is 25.0 Å². The molecule has 3 N–H and O–H groups in total. The number of nitrogens with zero attached hydrogens (tertiary/aromatic N) is 1. The summed E-state index contributed by atoms with van der Waals surface area (Å²) < 4.78 is 27.4. The van der Waals surface area contributed by atoms with E-state index < -0.39 is 23.6 Å². The number of hydrogen-bond donors (Lipinski definition) is 3. The minimum atomic E-state index is -0.907. The predicted molar refractivity (Wildman–Crippen MR) is 88.0 cm³/mol. The number of benzene rings is 1. The third-order valence-corrected chi connectivity index (χ3v) is 3.90. The Morgan fingerprint density at radius 3 is 2.50 bits per heavy atom. The second-order valence-electron chi connectivity index (χ2n) is 5.82. The summed E-state index contributed by atoms with van der Waals surface area (Å²) in [6.07, 6.45) is 1.84. The van der Waals surface area contributed by atoms with Crippen molar-refractivity contribution in [3.63, 3.8) is 0 Å². The zero-order valence-electron chi connectivity index (χ0n) is 13.8. The van der Waals surface area contributed by atoms with E-state index in [1.54, 1.807) is 0 Å². The topological polar surface area (TPSA) is 73.5 Å². The zero-order valence-corrected chi connectivity index (χ0v) is 13.8. The van der Waals surface area contributed by atoms with Crippen LogP contribution in [0.3, 0.4) is 0 Å². The standard InChI is InChI=1S/C16H22F2N4O2/c1-3-22-6-4-5-11(9-22)20-16(24)21-15-8-14(19-10(2)23)12(17)7-13(15)18/h7-8,11H,3-6,9H2,1-2H3,(H,19,23)(H2,20,21,24)/t11-/m0/s1. The van der Waals surface area contributed by atoms with Crippen LogP contribution in [0.25, 0.3) is 0 Å². The first-order chi connectivity index (χ1) is 11.4. The summed E-state index contributed by atoms with van der Waals surface area (Å²) in [4.78, 5) is 25.3. The average Bonchev–Trinajstić information content (AvgIpc) is 2.51. The number of anilines is 2. The molecule has 0 aliphatic carbocycles. The van der Waals surface area contributed by atoms with Crippen molar-refractivity contribution in [2.75, 3.05) is 30.3 Å². The molecule has 3 amide bonds. The smallest absolute Gasteiger partial charge is 0.319 e. The Labute approximate surface area is 139 Å². The summed E-state index contributed by atoms with van der Waals surface area (Å²) in [5.41, 5.74) is -0.380. The number of piperidine rings is 1. The molecule has 1 aliphatic heterocycles. The quantitative estimate of drug-likeness (QED) is 0.789. The molecule has 1 atom stereocenters. The number of urea groups is 1. The molecule has 1 aromatic rings. The van der Waals surface area contributed by atoms with Crippen LogP contribution in [0.2, 0.25) is 0 Å². The first kappa shape index (κ1) is 18.1. The highest BCUT2D eigenvalue weighted by Gasteiger charge is 2.21. The van der Waals surface area contributed by atoms with Crippen LogP contribution in [-0.2, 0) is 4.79 Å². The van der Waals surface area contributed by atoms with Gasteiger partial charge in [-0.3, -0.25) is 4.79 Å². The van der Waals surface area contributed by atoms with Crippen molar-refractivity contribution in [1.82, 2.24) is 10.2 Å². The number of nitrogens with one attached hydrogen (secondary N) is 3. The lowest BCUT2D eigenvalue weighted by Crippen LogP contribution is -2.48. The van der Waals surface area contributed by atoms with E-state index in [1.165, 1.54) is 6.92 Å². The van der Waals surface area contributed by atoms with Gasteiger partial charge in [0.05, 0.1) is 11.4 Å². The van der Waals surface area contributed by atoms with Gasteiger partial charge in [-0.2, -0.15) is 0 Å². The molecule has 0 spiro atoms. The van der Waals surface area contributed by atoms with Crippen molar-refractivity contribution in [3.05, 3.63) is 23.8 Å². The van der Waals surface area contributed by atoms with Crippen molar-refractivity contribution < 1.29 is 18.4 Å².